The first-order valence-corrected chi connectivity index (χ1v) is 5.77. The zero-order chi connectivity index (χ0) is 11.5. The van der Waals surface area contributed by atoms with Gasteiger partial charge in [-0.1, -0.05) is 18.7 Å². The van der Waals surface area contributed by atoms with E-state index in [0.717, 1.165) is 17.9 Å². The maximum absolute atomic E-state index is 5.86. The van der Waals surface area contributed by atoms with Crippen LogP contribution in [0.3, 0.4) is 0 Å². The summed E-state index contributed by atoms with van der Waals surface area (Å²) in [6, 6.07) is 0. The number of ether oxygens (including phenoxy) is 1. The summed E-state index contributed by atoms with van der Waals surface area (Å²) in [6.07, 6.45) is 11.0. The molecule has 1 saturated carbocycles. The smallest absolute Gasteiger partial charge is 0.116 e. The van der Waals surface area contributed by atoms with Gasteiger partial charge in [0.1, 0.15) is 5.76 Å². The largest absolute Gasteiger partial charge is 0.493 e. The highest BCUT2D eigenvalue weighted by atomic mass is 16.5. The Labute approximate surface area is 97.6 Å². The minimum Gasteiger partial charge on any atom is -0.493 e. The second-order valence-electron chi connectivity index (χ2n) is 4.53. The van der Waals surface area contributed by atoms with E-state index in [1.165, 1.54) is 18.5 Å². The summed E-state index contributed by atoms with van der Waals surface area (Å²) in [7, 11) is 2.08. The molecule has 0 radical (unpaired) electrons. The van der Waals surface area contributed by atoms with Gasteiger partial charge in [0.05, 0.1) is 12.6 Å². The van der Waals surface area contributed by atoms with Crippen LogP contribution in [0.5, 0.6) is 0 Å². The van der Waals surface area contributed by atoms with Gasteiger partial charge in [0.15, 0.2) is 0 Å². The van der Waals surface area contributed by atoms with E-state index in [9.17, 15) is 0 Å². The van der Waals surface area contributed by atoms with Crippen LogP contribution in [0.1, 0.15) is 19.8 Å². The van der Waals surface area contributed by atoms with Crippen molar-refractivity contribution in [1.29, 1.82) is 0 Å². The van der Waals surface area contributed by atoms with Crippen LogP contribution in [-0.4, -0.2) is 24.6 Å². The Morgan fingerprint density at radius 2 is 2.19 bits per heavy atom. The Morgan fingerprint density at radius 3 is 2.88 bits per heavy atom. The Hall–Kier alpha value is -1.44. The fraction of sp³-hybridized carbons (Fsp3) is 0.429. The molecule has 0 saturated heterocycles. The molecule has 16 heavy (non-hydrogen) atoms. The highest BCUT2D eigenvalue weighted by molar-refractivity contribution is 5.33. The van der Waals surface area contributed by atoms with Crippen LogP contribution >= 0.6 is 0 Å². The molecule has 2 heteroatoms. The lowest BCUT2D eigenvalue weighted by Gasteiger charge is -2.21. The van der Waals surface area contributed by atoms with Gasteiger partial charge in [-0.3, -0.25) is 0 Å². The molecule has 1 aliphatic carbocycles. The quantitative estimate of drug-likeness (QED) is 0.705. The molecule has 1 heterocycles. The summed E-state index contributed by atoms with van der Waals surface area (Å²) in [5.74, 6) is 1.05. The summed E-state index contributed by atoms with van der Waals surface area (Å²) in [5.41, 5.74) is 2.23. The Bertz CT molecular complexity index is 372. The molecule has 1 aliphatic heterocycles. The van der Waals surface area contributed by atoms with Crippen molar-refractivity contribution in [2.45, 2.75) is 25.9 Å². The van der Waals surface area contributed by atoms with Crippen molar-refractivity contribution in [3.8, 4) is 0 Å². The normalized spacial score (nSPS) is 30.4. The van der Waals surface area contributed by atoms with Crippen molar-refractivity contribution in [2.75, 3.05) is 13.6 Å². The first-order chi connectivity index (χ1) is 7.65. The number of likely N-dealkylation sites (N-methyl/N-ethyl adjacent to an activating group) is 1. The number of nitrogens with zero attached hydrogens (tertiary/aromatic N) is 1. The Balaban J connectivity index is 2.13. The maximum Gasteiger partial charge on any atom is 0.116 e. The van der Waals surface area contributed by atoms with Gasteiger partial charge in [0, 0.05) is 12.7 Å². The molecule has 0 aromatic heterocycles. The molecular weight excluding hydrogens is 198 g/mol. The van der Waals surface area contributed by atoms with Crippen molar-refractivity contribution in [1.82, 2.24) is 4.90 Å². The molecule has 86 valence electrons. The van der Waals surface area contributed by atoms with Gasteiger partial charge in [-0.15, -0.1) is 0 Å². The SMILES string of the molecule is C=C1/C=C\C=C(\OC2CC2)CN(C)/C(C)=C\1. The third-order valence-corrected chi connectivity index (χ3v) is 2.82. The predicted octanol–water partition coefficient (Wildman–Crippen LogP) is 3.01. The van der Waals surface area contributed by atoms with Crippen molar-refractivity contribution >= 4 is 0 Å². The summed E-state index contributed by atoms with van der Waals surface area (Å²) in [5, 5.41) is 0. The fourth-order valence-electron chi connectivity index (χ4n) is 1.59. The third-order valence-electron chi connectivity index (χ3n) is 2.82. The molecule has 0 amide bonds. The molecule has 0 atom stereocenters. The van der Waals surface area contributed by atoms with Crippen LogP contribution in [-0.2, 0) is 4.74 Å². The molecule has 0 bridgehead atoms. The van der Waals surface area contributed by atoms with Gasteiger partial charge in [0.2, 0.25) is 0 Å². The highest BCUT2D eigenvalue weighted by Gasteiger charge is 2.24. The first-order valence-electron chi connectivity index (χ1n) is 5.77. The van der Waals surface area contributed by atoms with E-state index in [1.807, 2.05) is 18.2 Å². The predicted molar refractivity (Wildman–Crippen MR) is 66.9 cm³/mol. The standard InChI is InChI=1S/C14H19NO/c1-11-5-4-6-14(16-13-7-8-13)10-15(3)12(2)9-11/h4-6,9,13H,1,7-8,10H2,2-3H3/b5-4-,12-9-,14-6+. The van der Waals surface area contributed by atoms with Crippen LogP contribution in [0.4, 0.5) is 0 Å². The van der Waals surface area contributed by atoms with E-state index in [0.29, 0.717) is 6.10 Å². The van der Waals surface area contributed by atoms with Crippen LogP contribution in [0, 0.1) is 0 Å². The summed E-state index contributed by atoms with van der Waals surface area (Å²) >= 11 is 0. The van der Waals surface area contributed by atoms with Gasteiger partial charge in [-0.05, 0) is 37.5 Å². The molecule has 2 rings (SSSR count). The van der Waals surface area contributed by atoms with Crippen LogP contribution < -0.4 is 0 Å². The van der Waals surface area contributed by atoms with E-state index in [2.05, 4.69) is 31.5 Å². The van der Waals surface area contributed by atoms with E-state index >= 15 is 0 Å². The molecule has 2 nitrogen and oxygen atoms in total. The third kappa shape index (κ3) is 3.02. The lowest BCUT2D eigenvalue weighted by Crippen LogP contribution is -2.20. The highest BCUT2D eigenvalue weighted by Crippen LogP contribution is 2.27. The van der Waals surface area contributed by atoms with E-state index in [-0.39, 0.29) is 0 Å². The molecule has 0 spiro atoms. The molecule has 0 N–H and O–H groups in total. The lowest BCUT2D eigenvalue weighted by atomic mass is 10.2. The minimum absolute atomic E-state index is 0.460. The lowest BCUT2D eigenvalue weighted by molar-refractivity contribution is 0.175. The fourth-order valence-corrected chi connectivity index (χ4v) is 1.59. The number of allylic oxidation sites excluding steroid dienone is 6. The zero-order valence-electron chi connectivity index (χ0n) is 10.1. The summed E-state index contributed by atoms with van der Waals surface area (Å²) in [4.78, 5) is 2.19. The molecular formula is C14H19NO. The van der Waals surface area contributed by atoms with Gasteiger partial charge in [0.25, 0.3) is 0 Å². The number of rotatable bonds is 2. The molecule has 1 fully saturated rings. The molecule has 0 aromatic rings. The Morgan fingerprint density at radius 1 is 1.44 bits per heavy atom. The number of hydrogen-bond donors (Lipinski definition) is 0. The average Bonchev–Trinajstić information content (AvgIpc) is 2.99. The molecule has 2 aliphatic rings. The van der Waals surface area contributed by atoms with Crippen molar-refractivity contribution in [3.05, 3.63) is 47.9 Å². The monoisotopic (exact) mass is 217 g/mol. The van der Waals surface area contributed by atoms with Crippen LogP contribution in [0.15, 0.2) is 47.9 Å². The van der Waals surface area contributed by atoms with Gasteiger partial charge < -0.3 is 9.64 Å². The molecule has 0 unspecified atom stereocenters. The molecule has 0 aromatic carbocycles. The van der Waals surface area contributed by atoms with E-state index < -0.39 is 0 Å². The van der Waals surface area contributed by atoms with Crippen LogP contribution in [0.2, 0.25) is 0 Å². The zero-order valence-corrected chi connectivity index (χ0v) is 10.1. The van der Waals surface area contributed by atoms with Gasteiger partial charge >= 0.3 is 0 Å². The first kappa shape index (κ1) is 11.1. The minimum atomic E-state index is 0.460. The number of hydrogen-bond acceptors (Lipinski definition) is 2. The second-order valence-corrected chi connectivity index (χ2v) is 4.53. The van der Waals surface area contributed by atoms with Crippen molar-refractivity contribution in [3.63, 3.8) is 0 Å². The summed E-state index contributed by atoms with van der Waals surface area (Å²) in [6.45, 7) is 6.91. The topological polar surface area (TPSA) is 12.5 Å². The summed E-state index contributed by atoms with van der Waals surface area (Å²) < 4.78 is 5.86. The van der Waals surface area contributed by atoms with Crippen LogP contribution in [0.25, 0.3) is 0 Å². The Kier molecular flexibility index (Phi) is 3.18. The van der Waals surface area contributed by atoms with E-state index in [1.54, 1.807) is 0 Å². The second kappa shape index (κ2) is 4.60. The van der Waals surface area contributed by atoms with Crippen molar-refractivity contribution in [2.24, 2.45) is 0 Å². The van der Waals surface area contributed by atoms with Gasteiger partial charge in [-0.25, -0.2) is 0 Å². The average molecular weight is 217 g/mol. The van der Waals surface area contributed by atoms with E-state index in [4.69, 9.17) is 4.74 Å². The van der Waals surface area contributed by atoms with Gasteiger partial charge in [-0.2, -0.15) is 0 Å². The van der Waals surface area contributed by atoms with Crippen molar-refractivity contribution < 1.29 is 4.74 Å². The maximum atomic E-state index is 5.86.